The molecule has 0 saturated heterocycles. The molecule has 3 rings (SSSR count). The van der Waals surface area contributed by atoms with Gasteiger partial charge in [-0.15, -0.1) is 12.4 Å². The highest BCUT2D eigenvalue weighted by Crippen LogP contribution is 2.34. The first-order valence-electron chi connectivity index (χ1n) is 10.5. The number of benzene rings is 2. The first-order chi connectivity index (χ1) is 14.5. The Morgan fingerprint density at radius 2 is 1.84 bits per heavy atom. The van der Waals surface area contributed by atoms with E-state index in [1.807, 2.05) is 23.1 Å². The van der Waals surface area contributed by atoms with Gasteiger partial charge in [0.25, 0.3) is 0 Å². The number of thiazole rings is 1. The minimum absolute atomic E-state index is 0. The van der Waals surface area contributed by atoms with E-state index in [1.54, 1.807) is 18.4 Å². The number of carbonyl (C=O) groups excluding carboxylic acids is 1. The minimum atomic E-state index is 0. The molecule has 0 spiro atoms. The lowest BCUT2D eigenvalue weighted by Crippen LogP contribution is -2.39. The Labute approximate surface area is 195 Å². The predicted molar refractivity (Wildman–Crippen MR) is 133 cm³/mol. The summed E-state index contributed by atoms with van der Waals surface area (Å²) >= 11 is 1.54. The number of fused-ring (bicyclic) bond motifs is 1. The monoisotopic (exact) mass is 461 g/mol. The van der Waals surface area contributed by atoms with Gasteiger partial charge in [0.2, 0.25) is 5.91 Å². The van der Waals surface area contributed by atoms with Crippen molar-refractivity contribution in [1.29, 1.82) is 0 Å². The molecule has 2 aromatic carbocycles. The number of para-hydroxylation sites is 1. The van der Waals surface area contributed by atoms with Crippen LogP contribution in [0.2, 0.25) is 0 Å². The minimum Gasteiger partial charge on any atom is -0.494 e. The molecule has 0 radical (unpaired) electrons. The molecule has 0 atom stereocenters. The molecule has 0 aliphatic carbocycles. The first kappa shape index (κ1) is 25.1. The maximum Gasteiger partial charge on any atom is 0.233 e. The average Bonchev–Trinajstić information content (AvgIpc) is 3.17. The van der Waals surface area contributed by atoms with E-state index in [9.17, 15) is 4.79 Å². The van der Waals surface area contributed by atoms with Gasteiger partial charge in [0.15, 0.2) is 5.13 Å². The summed E-state index contributed by atoms with van der Waals surface area (Å²) in [5.41, 5.74) is 4.20. The summed E-state index contributed by atoms with van der Waals surface area (Å²) in [4.78, 5) is 22.4. The van der Waals surface area contributed by atoms with Crippen molar-refractivity contribution in [3.8, 4) is 5.75 Å². The highest BCUT2D eigenvalue weighted by molar-refractivity contribution is 7.22. The Morgan fingerprint density at radius 3 is 2.52 bits per heavy atom. The SMILES string of the molecule is CCN(CC)CCN(C(=O)Cc1cc(C)ccc1C)c1nc2c(OC)cccc2s1.Cl. The van der Waals surface area contributed by atoms with Crippen LogP contribution in [0.5, 0.6) is 5.75 Å². The summed E-state index contributed by atoms with van der Waals surface area (Å²) in [6.07, 6.45) is 0.374. The number of nitrogens with zero attached hydrogens (tertiary/aromatic N) is 3. The van der Waals surface area contributed by atoms with Crippen LogP contribution >= 0.6 is 23.7 Å². The smallest absolute Gasteiger partial charge is 0.233 e. The molecular formula is C24H32ClN3O2S. The summed E-state index contributed by atoms with van der Waals surface area (Å²) < 4.78 is 6.50. The van der Waals surface area contributed by atoms with Gasteiger partial charge in [0.05, 0.1) is 18.2 Å². The zero-order valence-corrected chi connectivity index (χ0v) is 20.6. The van der Waals surface area contributed by atoms with Crippen LogP contribution in [0.15, 0.2) is 36.4 Å². The van der Waals surface area contributed by atoms with Crippen LogP contribution in [0, 0.1) is 13.8 Å². The molecule has 1 heterocycles. The molecule has 3 aromatic rings. The van der Waals surface area contributed by atoms with Crippen LogP contribution in [0.1, 0.15) is 30.5 Å². The van der Waals surface area contributed by atoms with E-state index in [4.69, 9.17) is 9.72 Å². The van der Waals surface area contributed by atoms with Gasteiger partial charge in [-0.3, -0.25) is 9.69 Å². The Bertz CT molecular complexity index is 1020. The molecule has 5 nitrogen and oxygen atoms in total. The van der Waals surface area contributed by atoms with Crippen LogP contribution in [0.25, 0.3) is 10.2 Å². The van der Waals surface area contributed by atoms with Crippen molar-refractivity contribution in [2.75, 3.05) is 38.2 Å². The molecule has 0 fully saturated rings. The number of ether oxygens (including phenoxy) is 1. The molecule has 0 bridgehead atoms. The van der Waals surface area contributed by atoms with Crippen molar-refractivity contribution >= 4 is 45.0 Å². The molecule has 0 saturated carbocycles. The number of carbonyl (C=O) groups is 1. The third-order valence-electron chi connectivity index (χ3n) is 5.50. The Balaban J connectivity index is 0.00000341. The number of amides is 1. The average molecular weight is 462 g/mol. The summed E-state index contributed by atoms with van der Waals surface area (Å²) in [7, 11) is 1.65. The van der Waals surface area contributed by atoms with Crippen LogP contribution in [0.3, 0.4) is 0 Å². The summed E-state index contributed by atoms with van der Waals surface area (Å²) in [6.45, 7) is 11.8. The zero-order valence-electron chi connectivity index (χ0n) is 19.0. The summed E-state index contributed by atoms with van der Waals surface area (Å²) in [5, 5.41) is 0.733. The maximum atomic E-state index is 13.4. The molecule has 1 amide bonds. The number of hydrogen-bond donors (Lipinski definition) is 0. The van der Waals surface area contributed by atoms with Crippen molar-refractivity contribution in [3.63, 3.8) is 0 Å². The van der Waals surface area contributed by atoms with Gasteiger partial charge in [0.1, 0.15) is 11.3 Å². The van der Waals surface area contributed by atoms with Crippen molar-refractivity contribution < 1.29 is 9.53 Å². The number of hydrogen-bond acceptors (Lipinski definition) is 5. The summed E-state index contributed by atoms with van der Waals surface area (Å²) in [6, 6.07) is 12.2. The number of aromatic nitrogens is 1. The van der Waals surface area contributed by atoms with Crippen LogP contribution in [0.4, 0.5) is 5.13 Å². The van der Waals surface area contributed by atoms with Crippen LogP contribution in [-0.2, 0) is 11.2 Å². The van der Waals surface area contributed by atoms with Crippen molar-refractivity contribution in [2.24, 2.45) is 0 Å². The molecule has 7 heteroatoms. The van der Waals surface area contributed by atoms with Crippen molar-refractivity contribution in [1.82, 2.24) is 9.88 Å². The lowest BCUT2D eigenvalue weighted by atomic mass is 10.0. The van der Waals surface area contributed by atoms with Crippen LogP contribution < -0.4 is 9.64 Å². The van der Waals surface area contributed by atoms with E-state index in [1.165, 1.54) is 5.56 Å². The molecule has 31 heavy (non-hydrogen) atoms. The fourth-order valence-electron chi connectivity index (χ4n) is 3.55. The Morgan fingerprint density at radius 1 is 1.10 bits per heavy atom. The van der Waals surface area contributed by atoms with Gasteiger partial charge < -0.3 is 9.64 Å². The number of halogens is 1. The number of aryl methyl sites for hydroxylation is 2. The highest BCUT2D eigenvalue weighted by atomic mass is 35.5. The van der Waals surface area contributed by atoms with E-state index in [2.05, 4.69) is 50.8 Å². The van der Waals surface area contributed by atoms with E-state index in [-0.39, 0.29) is 18.3 Å². The lowest BCUT2D eigenvalue weighted by Gasteiger charge is -2.25. The molecule has 0 aliphatic rings. The zero-order chi connectivity index (χ0) is 21.7. The number of methoxy groups -OCH3 is 1. The van der Waals surface area contributed by atoms with Gasteiger partial charge in [-0.05, 0) is 50.2 Å². The number of rotatable bonds is 9. The fourth-order valence-corrected chi connectivity index (χ4v) is 4.58. The lowest BCUT2D eigenvalue weighted by molar-refractivity contribution is -0.118. The number of likely N-dealkylation sites (N-methyl/N-ethyl adjacent to an activating group) is 1. The molecule has 1 aromatic heterocycles. The summed E-state index contributed by atoms with van der Waals surface area (Å²) in [5.74, 6) is 0.814. The predicted octanol–water partition coefficient (Wildman–Crippen LogP) is 5.26. The van der Waals surface area contributed by atoms with E-state index >= 15 is 0 Å². The quantitative estimate of drug-likeness (QED) is 0.436. The molecular weight excluding hydrogens is 430 g/mol. The molecule has 0 aliphatic heterocycles. The van der Waals surface area contributed by atoms with Gasteiger partial charge in [-0.25, -0.2) is 4.98 Å². The first-order valence-corrected chi connectivity index (χ1v) is 11.3. The third kappa shape index (κ3) is 5.97. The second-order valence-electron chi connectivity index (χ2n) is 7.48. The second kappa shape index (κ2) is 11.5. The highest BCUT2D eigenvalue weighted by Gasteiger charge is 2.22. The maximum absolute atomic E-state index is 13.4. The molecule has 0 unspecified atom stereocenters. The Kier molecular flexibility index (Phi) is 9.29. The van der Waals surface area contributed by atoms with Gasteiger partial charge >= 0.3 is 0 Å². The van der Waals surface area contributed by atoms with E-state index < -0.39 is 0 Å². The van der Waals surface area contributed by atoms with E-state index in [0.29, 0.717) is 13.0 Å². The topological polar surface area (TPSA) is 45.7 Å². The van der Waals surface area contributed by atoms with E-state index in [0.717, 1.165) is 51.9 Å². The van der Waals surface area contributed by atoms with Crippen molar-refractivity contribution in [3.05, 3.63) is 53.1 Å². The molecule has 168 valence electrons. The normalized spacial score (nSPS) is 10.9. The van der Waals surface area contributed by atoms with Gasteiger partial charge in [0, 0.05) is 13.1 Å². The fraction of sp³-hybridized carbons (Fsp3) is 0.417. The van der Waals surface area contributed by atoms with Gasteiger partial charge in [-0.2, -0.15) is 0 Å². The standard InChI is InChI=1S/C24H31N3O2S.ClH/c1-6-26(7-2)13-14-27(22(28)16-19-15-17(3)11-12-18(19)4)24-25-23-20(29-5)9-8-10-21(23)30-24;/h8-12,15H,6-7,13-14,16H2,1-5H3;1H. The van der Waals surface area contributed by atoms with Crippen molar-refractivity contribution in [2.45, 2.75) is 34.1 Å². The van der Waals surface area contributed by atoms with Crippen LogP contribution in [-0.4, -0.2) is 49.1 Å². The largest absolute Gasteiger partial charge is 0.494 e. The molecule has 0 N–H and O–H groups in total. The second-order valence-corrected chi connectivity index (χ2v) is 8.49. The number of anilines is 1. The van der Waals surface area contributed by atoms with Gasteiger partial charge in [-0.1, -0.05) is 55.0 Å². The third-order valence-corrected chi connectivity index (χ3v) is 6.55. The Hall–Kier alpha value is -2.15.